The number of carbonyl (C=O) groups excluding carboxylic acids is 1. The van der Waals surface area contributed by atoms with Gasteiger partial charge in [-0.25, -0.2) is 4.98 Å². The second-order valence-electron chi connectivity index (χ2n) is 5.89. The maximum atomic E-state index is 12.3. The third kappa shape index (κ3) is 3.90. The summed E-state index contributed by atoms with van der Waals surface area (Å²) >= 11 is 1.56. The van der Waals surface area contributed by atoms with Gasteiger partial charge in [-0.1, -0.05) is 0 Å². The van der Waals surface area contributed by atoms with Crippen molar-refractivity contribution in [3.05, 3.63) is 65.5 Å². The number of thiophene rings is 1. The predicted molar refractivity (Wildman–Crippen MR) is 104 cm³/mol. The Hall–Kier alpha value is -3.39. The minimum absolute atomic E-state index is 0.104. The van der Waals surface area contributed by atoms with Gasteiger partial charge in [-0.15, -0.1) is 11.3 Å². The summed E-state index contributed by atoms with van der Waals surface area (Å²) in [7, 11) is 1.90. The van der Waals surface area contributed by atoms with Gasteiger partial charge in [0.1, 0.15) is 5.82 Å². The zero-order valence-corrected chi connectivity index (χ0v) is 15.3. The molecular weight excluding hydrogens is 360 g/mol. The number of aromatic nitrogens is 5. The van der Waals surface area contributed by atoms with Crippen LogP contribution >= 0.6 is 11.3 Å². The highest BCUT2D eigenvalue weighted by Crippen LogP contribution is 2.25. The van der Waals surface area contributed by atoms with E-state index in [0.29, 0.717) is 12.2 Å². The van der Waals surface area contributed by atoms with Gasteiger partial charge in [0, 0.05) is 53.2 Å². The van der Waals surface area contributed by atoms with Gasteiger partial charge in [-0.2, -0.15) is 5.10 Å². The van der Waals surface area contributed by atoms with Gasteiger partial charge in [0.15, 0.2) is 0 Å². The Bertz CT molecular complexity index is 1060. The Morgan fingerprint density at radius 2 is 2.04 bits per heavy atom. The second-order valence-corrected chi connectivity index (χ2v) is 6.89. The lowest BCUT2D eigenvalue weighted by Crippen LogP contribution is -2.14. The van der Waals surface area contributed by atoms with Crippen LogP contribution in [-0.4, -0.2) is 30.6 Å². The third-order valence-corrected chi connectivity index (χ3v) is 4.93. The van der Waals surface area contributed by atoms with Crippen molar-refractivity contribution in [2.24, 2.45) is 7.05 Å². The van der Waals surface area contributed by atoms with Crippen LogP contribution in [0.1, 0.15) is 4.88 Å². The van der Waals surface area contributed by atoms with E-state index in [4.69, 9.17) is 0 Å². The molecule has 7 nitrogen and oxygen atoms in total. The molecule has 8 heteroatoms. The van der Waals surface area contributed by atoms with E-state index in [2.05, 4.69) is 25.4 Å². The molecule has 1 N–H and O–H groups in total. The number of aryl methyl sites for hydroxylation is 1. The number of amides is 1. The molecule has 4 aromatic rings. The van der Waals surface area contributed by atoms with Crippen LogP contribution in [0.4, 0.5) is 5.82 Å². The Balaban J connectivity index is 1.40. The van der Waals surface area contributed by atoms with Crippen LogP contribution in [0.3, 0.4) is 0 Å². The number of carbonyl (C=O) groups is 1. The van der Waals surface area contributed by atoms with Crippen LogP contribution < -0.4 is 5.32 Å². The van der Waals surface area contributed by atoms with Gasteiger partial charge in [-0.05, 0) is 24.3 Å². The SMILES string of the molecule is Cn1nccc1-c1csc(CC(=O)Nc2ccc(-c3cnccn3)cn2)c1. The Morgan fingerprint density at radius 1 is 1.11 bits per heavy atom. The summed E-state index contributed by atoms with van der Waals surface area (Å²) in [6.07, 6.45) is 8.66. The molecule has 0 aromatic carbocycles. The van der Waals surface area contributed by atoms with Gasteiger partial charge in [0.2, 0.25) is 5.91 Å². The van der Waals surface area contributed by atoms with Crippen molar-refractivity contribution >= 4 is 23.1 Å². The van der Waals surface area contributed by atoms with E-state index in [1.165, 1.54) is 0 Å². The average molecular weight is 376 g/mol. The zero-order valence-electron chi connectivity index (χ0n) is 14.5. The minimum atomic E-state index is -0.104. The van der Waals surface area contributed by atoms with Crippen molar-refractivity contribution in [2.45, 2.75) is 6.42 Å². The lowest BCUT2D eigenvalue weighted by atomic mass is 10.2. The Kier molecular flexibility index (Phi) is 4.71. The molecule has 0 saturated heterocycles. The number of anilines is 1. The largest absolute Gasteiger partial charge is 0.310 e. The summed E-state index contributed by atoms with van der Waals surface area (Å²) in [5.74, 6) is 0.407. The molecule has 1 amide bonds. The molecule has 0 aliphatic carbocycles. The van der Waals surface area contributed by atoms with Crippen molar-refractivity contribution in [2.75, 3.05) is 5.32 Å². The van der Waals surface area contributed by atoms with E-state index in [-0.39, 0.29) is 5.91 Å². The summed E-state index contributed by atoms with van der Waals surface area (Å²) < 4.78 is 1.81. The number of pyridine rings is 1. The van der Waals surface area contributed by atoms with Gasteiger partial charge in [0.25, 0.3) is 0 Å². The maximum Gasteiger partial charge on any atom is 0.230 e. The molecule has 27 heavy (non-hydrogen) atoms. The molecule has 0 fully saturated rings. The van der Waals surface area contributed by atoms with Crippen molar-refractivity contribution < 1.29 is 4.79 Å². The highest BCUT2D eigenvalue weighted by molar-refractivity contribution is 7.10. The van der Waals surface area contributed by atoms with E-state index >= 15 is 0 Å². The topological polar surface area (TPSA) is 85.6 Å². The summed E-state index contributed by atoms with van der Waals surface area (Å²) in [5, 5.41) is 9.04. The number of hydrogen-bond donors (Lipinski definition) is 1. The van der Waals surface area contributed by atoms with Crippen LogP contribution in [-0.2, 0) is 18.3 Å². The highest BCUT2D eigenvalue weighted by atomic mass is 32.1. The van der Waals surface area contributed by atoms with Gasteiger partial charge < -0.3 is 5.32 Å². The highest BCUT2D eigenvalue weighted by Gasteiger charge is 2.10. The monoisotopic (exact) mass is 376 g/mol. The molecule has 0 aliphatic heterocycles. The van der Waals surface area contributed by atoms with E-state index < -0.39 is 0 Å². The molecule has 0 radical (unpaired) electrons. The van der Waals surface area contributed by atoms with Gasteiger partial charge >= 0.3 is 0 Å². The van der Waals surface area contributed by atoms with Gasteiger partial charge in [0.05, 0.1) is 24.0 Å². The molecule has 0 saturated carbocycles. The quantitative estimate of drug-likeness (QED) is 0.578. The average Bonchev–Trinajstić information content (AvgIpc) is 3.31. The molecule has 0 atom stereocenters. The first kappa shape index (κ1) is 17.0. The van der Waals surface area contributed by atoms with E-state index in [1.807, 2.05) is 35.3 Å². The number of hydrogen-bond acceptors (Lipinski definition) is 6. The first-order valence-corrected chi connectivity index (χ1v) is 9.15. The molecule has 0 aliphatic rings. The van der Waals surface area contributed by atoms with Crippen molar-refractivity contribution in [1.82, 2.24) is 24.7 Å². The molecule has 0 spiro atoms. The van der Waals surface area contributed by atoms with E-state index in [9.17, 15) is 4.79 Å². The summed E-state index contributed by atoms with van der Waals surface area (Å²) in [5.41, 5.74) is 3.68. The summed E-state index contributed by atoms with van der Waals surface area (Å²) in [6.45, 7) is 0. The molecule has 0 bridgehead atoms. The molecule has 4 aromatic heterocycles. The predicted octanol–water partition coefficient (Wildman–Crippen LogP) is 3.18. The fraction of sp³-hybridized carbons (Fsp3) is 0.105. The van der Waals surface area contributed by atoms with Gasteiger partial charge in [-0.3, -0.25) is 19.4 Å². The van der Waals surface area contributed by atoms with E-state index in [0.717, 1.165) is 27.4 Å². The fourth-order valence-electron chi connectivity index (χ4n) is 2.68. The summed E-state index contributed by atoms with van der Waals surface area (Å²) in [6, 6.07) is 7.59. The maximum absolute atomic E-state index is 12.3. The van der Waals surface area contributed by atoms with Crippen LogP contribution in [0.5, 0.6) is 0 Å². The standard InChI is InChI=1S/C19H16N6OS/c1-25-17(4-5-23-25)14-8-15(27-12-14)9-19(26)24-18-3-2-13(10-22-18)16-11-20-6-7-21-16/h2-8,10-12H,9H2,1H3,(H,22,24,26). The minimum Gasteiger partial charge on any atom is -0.310 e. The molecule has 134 valence electrons. The number of rotatable bonds is 5. The first-order valence-electron chi connectivity index (χ1n) is 8.27. The number of nitrogens with one attached hydrogen (secondary N) is 1. The van der Waals surface area contributed by atoms with Crippen molar-refractivity contribution in [3.63, 3.8) is 0 Å². The first-order chi connectivity index (χ1) is 13.2. The zero-order chi connectivity index (χ0) is 18.6. The van der Waals surface area contributed by atoms with Crippen LogP contribution in [0.2, 0.25) is 0 Å². The molecular formula is C19H16N6OS. The van der Waals surface area contributed by atoms with Crippen molar-refractivity contribution in [1.29, 1.82) is 0 Å². The van der Waals surface area contributed by atoms with E-state index in [1.54, 1.807) is 48.4 Å². The Labute approximate surface area is 159 Å². The lowest BCUT2D eigenvalue weighted by molar-refractivity contribution is -0.115. The third-order valence-electron chi connectivity index (χ3n) is 4.00. The lowest BCUT2D eigenvalue weighted by Gasteiger charge is -2.05. The number of nitrogens with zero attached hydrogens (tertiary/aromatic N) is 5. The molecule has 4 heterocycles. The summed E-state index contributed by atoms with van der Waals surface area (Å²) in [4.78, 5) is 25.9. The normalized spacial score (nSPS) is 10.7. The molecule has 4 rings (SSSR count). The van der Waals surface area contributed by atoms with Crippen LogP contribution in [0.15, 0.2) is 60.6 Å². The fourth-order valence-corrected chi connectivity index (χ4v) is 3.55. The van der Waals surface area contributed by atoms with Crippen molar-refractivity contribution in [3.8, 4) is 22.5 Å². The Morgan fingerprint density at radius 3 is 2.74 bits per heavy atom. The van der Waals surface area contributed by atoms with Crippen LogP contribution in [0.25, 0.3) is 22.5 Å². The van der Waals surface area contributed by atoms with Crippen LogP contribution in [0, 0.1) is 0 Å². The smallest absolute Gasteiger partial charge is 0.230 e. The molecule has 0 unspecified atom stereocenters. The second kappa shape index (κ2) is 7.46.